The maximum Gasteiger partial charge on any atom is 0.306 e. The first kappa shape index (κ1) is 27.5. The molecule has 0 saturated heterocycles. The number of carboxylic acid groups (broad SMARTS) is 1. The Hall–Kier alpha value is -3.50. The molecule has 0 radical (unpaired) electrons. The lowest BCUT2D eigenvalue weighted by Gasteiger charge is -2.17. The van der Waals surface area contributed by atoms with Crippen LogP contribution in [0.4, 0.5) is 0 Å². The van der Waals surface area contributed by atoms with Crippen molar-refractivity contribution in [3.8, 4) is 17.2 Å². The topological polar surface area (TPSA) is 117 Å². The van der Waals surface area contributed by atoms with Crippen molar-refractivity contribution in [1.82, 2.24) is 9.55 Å². The standard InChI is InChI=1S/C27H27ClN2O7S/c1-16(37-25(33)5-3-4-24(31)32)14-36-21-11-10-19(12-22(21)35-2)30-15-29-20-13-23(38-26(20)27(30)34)17-6-8-18(28)9-7-17/h6-12,15-16,23H,3-5,13-14H2,1-2H3,(H,31,32). The van der Waals surface area contributed by atoms with Crippen molar-refractivity contribution in [2.24, 2.45) is 0 Å². The molecule has 2 heterocycles. The maximum atomic E-state index is 13.3. The number of methoxy groups -OCH3 is 1. The fourth-order valence-electron chi connectivity index (χ4n) is 3.98. The lowest BCUT2D eigenvalue weighted by molar-refractivity contribution is -0.149. The summed E-state index contributed by atoms with van der Waals surface area (Å²) in [5.74, 6) is -0.612. The first-order valence-electron chi connectivity index (χ1n) is 12.0. The van der Waals surface area contributed by atoms with Crippen molar-refractivity contribution in [3.63, 3.8) is 0 Å². The largest absolute Gasteiger partial charge is 0.493 e. The molecular formula is C27H27ClN2O7S. The van der Waals surface area contributed by atoms with Gasteiger partial charge in [0.05, 0.1) is 23.4 Å². The third kappa shape index (κ3) is 6.68. The number of nitrogens with zero attached hydrogens (tertiary/aromatic N) is 2. The molecule has 1 aliphatic heterocycles. The molecule has 0 amide bonds. The van der Waals surface area contributed by atoms with Crippen LogP contribution >= 0.6 is 23.4 Å². The van der Waals surface area contributed by atoms with Crippen LogP contribution < -0.4 is 15.0 Å². The summed E-state index contributed by atoms with van der Waals surface area (Å²) in [4.78, 5) is 40.9. The van der Waals surface area contributed by atoms with Gasteiger partial charge < -0.3 is 19.3 Å². The molecule has 2 unspecified atom stereocenters. The zero-order chi connectivity index (χ0) is 27.2. The van der Waals surface area contributed by atoms with Gasteiger partial charge in [0.2, 0.25) is 0 Å². The normalized spacial score (nSPS) is 15.0. The molecule has 0 aliphatic carbocycles. The average molecular weight is 559 g/mol. The van der Waals surface area contributed by atoms with Gasteiger partial charge >= 0.3 is 11.9 Å². The molecule has 2 aromatic carbocycles. The zero-order valence-corrected chi connectivity index (χ0v) is 22.5. The maximum absolute atomic E-state index is 13.3. The van der Waals surface area contributed by atoms with Crippen LogP contribution in [-0.2, 0) is 20.7 Å². The number of thioether (sulfide) groups is 1. The van der Waals surface area contributed by atoms with Gasteiger partial charge in [-0.05, 0) is 43.2 Å². The molecule has 9 nitrogen and oxygen atoms in total. The Kier molecular flexibility index (Phi) is 8.96. The van der Waals surface area contributed by atoms with Gasteiger partial charge in [0.1, 0.15) is 19.0 Å². The molecule has 0 saturated carbocycles. The zero-order valence-electron chi connectivity index (χ0n) is 20.9. The summed E-state index contributed by atoms with van der Waals surface area (Å²) in [6, 6.07) is 12.7. The van der Waals surface area contributed by atoms with Gasteiger partial charge in [0.15, 0.2) is 11.5 Å². The number of aromatic nitrogens is 2. The van der Waals surface area contributed by atoms with E-state index in [0.717, 1.165) is 11.3 Å². The second kappa shape index (κ2) is 12.4. The molecule has 1 aromatic heterocycles. The minimum Gasteiger partial charge on any atom is -0.493 e. The molecule has 0 fully saturated rings. The van der Waals surface area contributed by atoms with E-state index in [4.69, 9.17) is 30.9 Å². The highest BCUT2D eigenvalue weighted by Gasteiger charge is 2.28. The summed E-state index contributed by atoms with van der Waals surface area (Å²) in [6.07, 6.45) is 1.79. The number of esters is 1. The van der Waals surface area contributed by atoms with Crippen LogP contribution in [0, 0.1) is 0 Å². The van der Waals surface area contributed by atoms with Crippen molar-refractivity contribution >= 4 is 35.3 Å². The third-order valence-corrected chi connectivity index (χ3v) is 7.51. The summed E-state index contributed by atoms with van der Waals surface area (Å²) < 4.78 is 18.0. The van der Waals surface area contributed by atoms with E-state index < -0.39 is 18.0 Å². The van der Waals surface area contributed by atoms with Crippen LogP contribution in [0.2, 0.25) is 5.02 Å². The Morgan fingerprint density at radius 1 is 1.18 bits per heavy atom. The van der Waals surface area contributed by atoms with E-state index in [0.29, 0.717) is 33.5 Å². The van der Waals surface area contributed by atoms with E-state index in [9.17, 15) is 14.4 Å². The number of rotatable bonds is 11. The molecule has 2 atom stereocenters. The fourth-order valence-corrected chi connectivity index (χ4v) is 5.39. The molecule has 38 heavy (non-hydrogen) atoms. The number of aliphatic carboxylic acids is 1. The number of carbonyl (C=O) groups is 2. The Bertz CT molecular complexity index is 1380. The van der Waals surface area contributed by atoms with Gasteiger partial charge in [0, 0.05) is 35.6 Å². The van der Waals surface area contributed by atoms with Crippen molar-refractivity contribution < 1.29 is 28.9 Å². The van der Waals surface area contributed by atoms with Gasteiger partial charge in [-0.1, -0.05) is 23.7 Å². The van der Waals surface area contributed by atoms with Crippen LogP contribution in [0.15, 0.2) is 58.5 Å². The van der Waals surface area contributed by atoms with Crippen molar-refractivity contribution in [2.75, 3.05) is 13.7 Å². The molecule has 0 spiro atoms. The lowest BCUT2D eigenvalue weighted by atomic mass is 10.1. The highest BCUT2D eigenvalue weighted by molar-refractivity contribution is 7.99. The summed E-state index contributed by atoms with van der Waals surface area (Å²) in [5, 5.41) is 9.43. The number of fused-ring (bicyclic) bond motifs is 1. The summed E-state index contributed by atoms with van der Waals surface area (Å²) in [5.41, 5.74) is 2.28. The van der Waals surface area contributed by atoms with E-state index in [-0.39, 0.29) is 36.7 Å². The molecule has 1 N–H and O–H groups in total. The fraction of sp³-hybridized carbons (Fsp3) is 0.333. The minimum absolute atomic E-state index is 0.0248. The average Bonchev–Trinajstić information content (AvgIpc) is 3.33. The van der Waals surface area contributed by atoms with Crippen molar-refractivity contribution in [3.05, 3.63) is 75.4 Å². The highest BCUT2D eigenvalue weighted by atomic mass is 35.5. The van der Waals surface area contributed by atoms with Gasteiger partial charge in [-0.2, -0.15) is 0 Å². The van der Waals surface area contributed by atoms with E-state index >= 15 is 0 Å². The molecular weight excluding hydrogens is 532 g/mol. The van der Waals surface area contributed by atoms with Crippen LogP contribution in [0.3, 0.4) is 0 Å². The van der Waals surface area contributed by atoms with E-state index in [1.807, 2.05) is 24.3 Å². The van der Waals surface area contributed by atoms with Gasteiger partial charge in [-0.15, -0.1) is 11.8 Å². The predicted molar refractivity (Wildman–Crippen MR) is 143 cm³/mol. The summed E-state index contributed by atoms with van der Waals surface area (Å²) in [7, 11) is 1.49. The van der Waals surface area contributed by atoms with Gasteiger partial charge in [0.25, 0.3) is 5.56 Å². The highest BCUT2D eigenvalue weighted by Crippen LogP contribution is 2.44. The monoisotopic (exact) mass is 558 g/mol. The van der Waals surface area contributed by atoms with Gasteiger partial charge in [-0.25, -0.2) is 4.98 Å². The van der Waals surface area contributed by atoms with E-state index in [2.05, 4.69) is 4.98 Å². The van der Waals surface area contributed by atoms with E-state index in [1.54, 1.807) is 25.1 Å². The second-order valence-corrected chi connectivity index (χ2v) is 10.4. The second-order valence-electron chi connectivity index (χ2n) is 8.75. The van der Waals surface area contributed by atoms with Crippen molar-refractivity contribution in [2.45, 2.75) is 48.9 Å². The minimum atomic E-state index is -0.955. The number of carbonyl (C=O) groups excluding carboxylic acids is 1. The number of carboxylic acids is 1. The number of ether oxygens (including phenoxy) is 3. The number of hydrogen-bond donors (Lipinski definition) is 1. The summed E-state index contributed by atoms with van der Waals surface area (Å²) >= 11 is 7.51. The Balaban J connectivity index is 1.42. The SMILES string of the molecule is COc1cc(-n2cnc3c(c2=O)SC(c2ccc(Cl)cc2)C3)ccc1OCC(C)OC(=O)CCCC(=O)O. The Morgan fingerprint density at radius 2 is 1.95 bits per heavy atom. The number of hydrogen-bond acceptors (Lipinski definition) is 8. The molecule has 0 bridgehead atoms. The van der Waals surface area contributed by atoms with E-state index in [1.165, 1.54) is 29.8 Å². The van der Waals surface area contributed by atoms with Crippen LogP contribution in [0.25, 0.3) is 5.69 Å². The first-order chi connectivity index (χ1) is 18.2. The predicted octanol–water partition coefficient (Wildman–Crippen LogP) is 4.85. The molecule has 1 aliphatic rings. The van der Waals surface area contributed by atoms with Crippen LogP contribution in [-0.4, -0.2) is 46.4 Å². The Morgan fingerprint density at radius 3 is 2.66 bits per heavy atom. The number of benzene rings is 2. The van der Waals surface area contributed by atoms with Crippen LogP contribution in [0.5, 0.6) is 11.5 Å². The molecule has 200 valence electrons. The van der Waals surface area contributed by atoms with Gasteiger partial charge in [-0.3, -0.25) is 19.0 Å². The summed E-state index contributed by atoms with van der Waals surface area (Å²) in [6.45, 7) is 1.75. The molecule has 11 heteroatoms. The quantitative estimate of drug-likeness (QED) is 0.329. The van der Waals surface area contributed by atoms with Crippen LogP contribution in [0.1, 0.15) is 42.7 Å². The first-order valence-corrected chi connectivity index (χ1v) is 13.3. The lowest BCUT2D eigenvalue weighted by Crippen LogP contribution is -2.22. The number of halogens is 1. The third-order valence-electron chi connectivity index (χ3n) is 5.89. The molecule has 3 aromatic rings. The van der Waals surface area contributed by atoms with Crippen molar-refractivity contribution in [1.29, 1.82) is 0 Å². The smallest absolute Gasteiger partial charge is 0.306 e. The molecule has 4 rings (SSSR count). The Labute approximate surface area is 228 Å².